The standard InChI is InChI=1S/C56H36Si/c1-2-15-35(16-3-1)53-43-22-4-6-24-45(43)55-47(53)31-32-48-54(44-23-5-7-25-46(44)56(48)55)38-18-14-17-36(33-38)37-29-30-42-41-21-10-13-28-51(41)57(52(42)34-37)49-26-11-8-19-39(49)40-20-9-12-27-50(40)57/h1-34,53-54H. The summed E-state index contributed by atoms with van der Waals surface area (Å²) < 4.78 is 0. The highest BCUT2D eigenvalue weighted by Gasteiger charge is 2.53. The van der Waals surface area contributed by atoms with Gasteiger partial charge in [0.1, 0.15) is 0 Å². The second-order valence-electron chi connectivity index (χ2n) is 16.2. The van der Waals surface area contributed by atoms with Crippen LogP contribution in [-0.4, -0.2) is 8.07 Å². The first-order chi connectivity index (χ1) is 28.3. The van der Waals surface area contributed by atoms with Crippen molar-refractivity contribution in [2.75, 3.05) is 0 Å². The largest absolute Gasteiger partial charge is 0.182 e. The number of benzene rings is 9. The Morgan fingerprint density at radius 3 is 1.28 bits per heavy atom. The molecule has 0 aromatic heterocycles. The molecule has 1 spiro atoms. The van der Waals surface area contributed by atoms with Crippen molar-refractivity contribution >= 4 is 28.8 Å². The molecule has 4 aliphatic rings. The lowest BCUT2D eigenvalue weighted by Gasteiger charge is -2.28. The van der Waals surface area contributed by atoms with E-state index in [1.54, 1.807) is 0 Å². The maximum Gasteiger partial charge on any atom is 0.182 e. The van der Waals surface area contributed by atoms with Crippen molar-refractivity contribution in [1.29, 1.82) is 0 Å². The molecule has 0 radical (unpaired) electrons. The maximum atomic E-state index is 2.57. The number of rotatable bonds is 3. The summed E-state index contributed by atoms with van der Waals surface area (Å²) in [5.41, 5.74) is 22.0. The zero-order valence-corrected chi connectivity index (χ0v) is 32.3. The number of hydrogen-bond donors (Lipinski definition) is 0. The molecule has 0 saturated carbocycles. The van der Waals surface area contributed by atoms with Crippen LogP contribution in [0.15, 0.2) is 206 Å². The molecular weight excluding hydrogens is 701 g/mol. The predicted molar refractivity (Wildman–Crippen MR) is 239 cm³/mol. The van der Waals surface area contributed by atoms with Crippen LogP contribution < -0.4 is 20.7 Å². The molecule has 2 aliphatic heterocycles. The molecule has 2 atom stereocenters. The van der Waals surface area contributed by atoms with E-state index in [-0.39, 0.29) is 11.8 Å². The summed E-state index contributed by atoms with van der Waals surface area (Å²) in [4.78, 5) is 0. The van der Waals surface area contributed by atoms with E-state index in [2.05, 4.69) is 206 Å². The quantitative estimate of drug-likeness (QED) is 0.159. The van der Waals surface area contributed by atoms with Crippen LogP contribution in [-0.2, 0) is 0 Å². The van der Waals surface area contributed by atoms with Gasteiger partial charge in [-0.1, -0.05) is 206 Å². The molecule has 2 aliphatic carbocycles. The third-order valence-electron chi connectivity index (χ3n) is 13.7. The summed E-state index contributed by atoms with van der Waals surface area (Å²) in [6.45, 7) is 0. The highest BCUT2D eigenvalue weighted by atomic mass is 28.3. The summed E-state index contributed by atoms with van der Waals surface area (Å²) in [6, 6.07) is 78.7. The molecule has 9 aromatic carbocycles. The van der Waals surface area contributed by atoms with E-state index in [4.69, 9.17) is 0 Å². The molecule has 0 amide bonds. The number of hydrogen-bond acceptors (Lipinski definition) is 0. The van der Waals surface area contributed by atoms with Crippen molar-refractivity contribution in [3.8, 4) is 55.6 Å². The average Bonchev–Trinajstić information content (AvgIpc) is 3.99. The van der Waals surface area contributed by atoms with Gasteiger partial charge in [-0.3, -0.25) is 0 Å². The minimum absolute atomic E-state index is 0.150. The van der Waals surface area contributed by atoms with Crippen molar-refractivity contribution in [2.24, 2.45) is 0 Å². The Morgan fingerprint density at radius 1 is 0.263 bits per heavy atom. The van der Waals surface area contributed by atoms with Crippen LogP contribution in [0.3, 0.4) is 0 Å². The first-order valence-corrected chi connectivity index (χ1v) is 22.2. The van der Waals surface area contributed by atoms with Crippen LogP contribution in [0.4, 0.5) is 0 Å². The Morgan fingerprint density at radius 2 is 0.702 bits per heavy atom. The van der Waals surface area contributed by atoms with E-state index < -0.39 is 8.07 Å². The van der Waals surface area contributed by atoms with E-state index in [1.165, 1.54) is 110 Å². The van der Waals surface area contributed by atoms with Gasteiger partial charge in [-0.2, -0.15) is 0 Å². The molecule has 1 heteroatoms. The summed E-state index contributed by atoms with van der Waals surface area (Å²) in [5, 5.41) is 6.07. The van der Waals surface area contributed by atoms with E-state index in [0.29, 0.717) is 0 Å². The highest BCUT2D eigenvalue weighted by molar-refractivity contribution is 7.24. The molecule has 2 unspecified atom stereocenters. The van der Waals surface area contributed by atoms with E-state index in [9.17, 15) is 0 Å². The SMILES string of the molecule is c1ccc(C2c3ccccc3-c3c2ccc2c3-c3ccccc3C2c2cccc(-c3ccc4c(c3)[Si]3(c5ccccc5-c5ccccc53)c3ccccc3-4)c2)cc1. The third kappa shape index (κ3) is 4.06. The van der Waals surface area contributed by atoms with Gasteiger partial charge in [-0.25, -0.2) is 0 Å². The van der Waals surface area contributed by atoms with Crippen LogP contribution in [0.5, 0.6) is 0 Å². The van der Waals surface area contributed by atoms with Gasteiger partial charge in [0.25, 0.3) is 0 Å². The third-order valence-corrected chi connectivity index (χ3v) is 18.6. The average molecular weight is 737 g/mol. The normalized spacial score (nSPS) is 16.6. The van der Waals surface area contributed by atoms with E-state index >= 15 is 0 Å². The van der Waals surface area contributed by atoms with Crippen LogP contribution in [0.25, 0.3) is 55.6 Å². The molecular formula is C56H36Si. The molecule has 0 saturated heterocycles. The molecule has 0 bridgehead atoms. The Hall–Kier alpha value is -6.80. The van der Waals surface area contributed by atoms with Crippen molar-refractivity contribution in [3.05, 3.63) is 240 Å². The summed E-state index contributed by atoms with van der Waals surface area (Å²) >= 11 is 0. The van der Waals surface area contributed by atoms with Crippen LogP contribution >= 0.6 is 0 Å². The van der Waals surface area contributed by atoms with Gasteiger partial charge in [0.05, 0.1) is 0 Å². The Bertz CT molecular complexity index is 3090. The topological polar surface area (TPSA) is 0 Å². The first kappa shape index (κ1) is 31.4. The van der Waals surface area contributed by atoms with E-state index in [0.717, 1.165) is 0 Å². The van der Waals surface area contributed by atoms with Crippen molar-refractivity contribution in [3.63, 3.8) is 0 Å². The van der Waals surface area contributed by atoms with Gasteiger partial charge >= 0.3 is 0 Å². The zero-order valence-electron chi connectivity index (χ0n) is 31.3. The molecule has 13 rings (SSSR count). The fourth-order valence-corrected chi connectivity index (χ4v) is 17.2. The monoisotopic (exact) mass is 736 g/mol. The minimum Gasteiger partial charge on any atom is -0.0623 e. The van der Waals surface area contributed by atoms with Crippen molar-refractivity contribution in [2.45, 2.75) is 11.8 Å². The summed E-state index contributed by atoms with van der Waals surface area (Å²) in [6.07, 6.45) is 0. The molecule has 0 fully saturated rings. The second kappa shape index (κ2) is 11.6. The van der Waals surface area contributed by atoms with Crippen LogP contribution in [0.1, 0.15) is 45.2 Å². The summed E-state index contributed by atoms with van der Waals surface area (Å²) in [5.74, 6) is 0.381. The van der Waals surface area contributed by atoms with Crippen molar-refractivity contribution < 1.29 is 0 Å². The Balaban J connectivity index is 0.987. The zero-order chi connectivity index (χ0) is 37.2. The lowest BCUT2D eigenvalue weighted by molar-refractivity contribution is 0.998. The summed E-state index contributed by atoms with van der Waals surface area (Å²) in [7, 11) is -2.52. The molecule has 0 N–H and O–H groups in total. The van der Waals surface area contributed by atoms with Gasteiger partial charge in [0.15, 0.2) is 8.07 Å². The fraction of sp³-hybridized carbons (Fsp3) is 0.0357. The maximum absolute atomic E-state index is 2.57. The van der Waals surface area contributed by atoms with E-state index in [1.807, 2.05) is 0 Å². The van der Waals surface area contributed by atoms with Gasteiger partial charge in [-0.15, -0.1) is 0 Å². The fourth-order valence-electron chi connectivity index (χ4n) is 11.5. The molecule has 9 aromatic rings. The molecule has 2 heterocycles. The van der Waals surface area contributed by atoms with Crippen LogP contribution in [0, 0.1) is 0 Å². The first-order valence-electron chi connectivity index (χ1n) is 20.2. The minimum atomic E-state index is -2.52. The molecule has 0 nitrogen and oxygen atoms in total. The van der Waals surface area contributed by atoms with Gasteiger partial charge in [-0.05, 0) is 110 Å². The van der Waals surface area contributed by atoms with Crippen molar-refractivity contribution in [1.82, 2.24) is 0 Å². The van der Waals surface area contributed by atoms with Gasteiger partial charge in [0, 0.05) is 11.8 Å². The Kier molecular flexibility index (Phi) is 6.40. The lowest BCUT2D eigenvalue weighted by atomic mass is 9.85. The smallest absolute Gasteiger partial charge is 0.0623 e. The molecule has 57 heavy (non-hydrogen) atoms. The lowest BCUT2D eigenvalue weighted by Crippen LogP contribution is -2.70. The number of fused-ring (bicyclic) bond motifs is 17. The predicted octanol–water partition coefficient (Wildman–Crippen LogP) is 11.0. The van der Waals surface area contributed by atoms with Gasteiger partial charge < -0.3 is 0 Å². The van der Waals surface area contributed by atoms with Crippen LogP contribution in [0.2, 0.25) is 0 Å². The molecule has 264 valence electrons. The second-order valence-corrected chi connectivity index (χ2v) is 19.9. The highest BCUT2D eigenvalue weighted by Crippen LogP contribution is 2.58. The Labute approximate surface area is 334 Å². The van der Waals surface area contributed by atoms with Gasteiger partial charge in [0.2, 0.25) is 0 Å².